The second-order valence-electron chi connectivity index (χ2n) is 9.85. The maximum atomic E-state index is 14.0. The Kier molecular flexibility index (Phi) is 5.66. The molecule has 2 aliphatic rings. The molecule has 1 fully saturated rings. The SMILES string of the molecule is COc1cccc2c1O[C@]1(C)[C@H](C(=O)Nc3ccc(C)cc3C)[C@@H]2NC(=O)N1c1ccc(C)c(C)c1. The van der Waals surface area contributed by atoms with E-state index in [-0.39, 0.29) is 11.9 Å². The number of aryl methyl sites for hydroxylation is 4. The third-order valence-corrected chi connectivity index (χ3v) is 7.38. The molecule has 186 valence electrons. The molecule has 5 rings (SSSR count). The molecule has 2 bridgehead atoms. The number of hydrogen-bond donors (Lipinski definition) is 2. The number of nitrogens with one attached hydrogen (secondary N) is 2. The summed E-state index contributed by atoms with van der Waals surface area (Å²) in [6.07, 6.45) is 0. The van der Waals surface area contributed by atoms with E-state index >= 15 is 0 Å². The van der Waals surface area contributed by atoms with Crippen LogP contribution in [0.5, 0.6) is 11.5 Å². The second-order valence-corrected chi connectivity index (χ2v) is 9.85. The molecule has 7 nitrogen and oxygen atoms in total. The second kappa shape index (κ2) is 8.59. The molecule has 0 aromatic heterocycles. The van der Waals surface area contributed by atoms with E-state index in [9.17, 15) is 9.59 Å². The van der Waals surface area contributed by atoms with Crippen molar-refractivity contribution in [2.45, 2.75) is 46.4 Å². The van der Waals surface area contributed by atoms with E-state index in [0.29, 0.717) is 22.7 Å². The predicted molar refractivity (Wildman–Crippen MR) is 140 cm³/mol. The van der Waals surface area contributed by atoms with E-state index < -0.39 is 17.7 Å². The Hall–Kier alpha value is -4.00. The summed E-state index contributed by atoms with van der Waals surface area (Å²) in [5.41, 5.74) is 5.00. The summed E-state index contributed by atoms with van der Waals surface area (Å²) in [6, 6.07) is 16.3. The zero-order chi connectivity index (χ0) is 25.8. The van der Waals surface area contributed by atoms with E-state index in [1.54, 1.807) is 18.9 Å². The fourth-order valence-electron chi connectivity index (χ4n) is 5.35. The molecule has 3 aromatic rings. The van der Waals surface area contributed by atoms with Crippen LogP contribution in [0.4, 0.5) is 16.2 Å². The van der Waals surface area contributed by atoms with E-state index in [2.05, 4.69) is 10.6 Å². The lowest BCUT2D eigenvalue weighted by molar-refractivity contribution is -0.131. The first-order valence-electron chi connectivity index (χ1n) is 12.1. The Morgan fingerprint density at radius 1 is 1.03 bits per heavy atom. The fourth-order valence-corrected chi connectivity index (χ4v) is 5.35. The maximum Gasteiger partial charge on any atom is 0.325 e. The molecule has 36 heavy (non-hydrogen) atoms. The minimum atomic E-state index is -1.32. The summed E-state index contributed by atoms with van der Waals surface area (Å²) >= 11 is 0. The van der Waals surface area contributed by atoms with Crippen molar-refractivity contribution in [1.29, 1.82) is 0 Å². The number of para-hydroxylation sites is 1. The van der Waals surface area contributed by atoms with Gasteiger partial charge in [0.2, 0.25) is 11.6 Å². The van der Waals surface area contributed by atoms with Gasteiger partial charge in [-0.25, -0.2) is 4.79 Å². The fraction of sp³-hybridized carbons (Fsp3) is 0.310. The minimum absolute atomic E-state index is 0.239. The van der Waals surface area contributed by atoms with Gasteiger partial charge in [-0.15, -0.1) is 0 Å². The molecule has 0 aliphatic carbocycles. The van der Waals surface area contributed by atoms with Gasteiger partial charge in [-0.2, -0.15) is 0 Å². The molecule has 2 aliphatic heterocycles. The predicted octanol–water partition coefficient (Wildman–Crippen LogP) is 5.56. The Labute approximate surface area is 211 Å². The summed E-state index contributed by atoms with van der Waals surface area (Å²) in [5.74, 6) is 0.0823. The van der Waals surface area contributed by atoms with Crippen LogP contribution >= 0.6 is 0 Å². The van der Waals surface area contributed by atoms with Crippen molar-refractivity contribution in [2.75, 3.05) is 17.3 Å². The molecule has 3 atom stereocenters. The number of methoxy groups -OCH3 is 1. The van der Waals surface area contributed by atoms with Crippen LogP contribution in [-0.4, -0.2) is 24.8 Å². The number of ether oxygens (including phenoxy) is 2. The first kappa shape index (κ1) is 23.7. The van der Waals surface area contributed by atoms with Crippen LogP contribution in [0.2, 0.25) is 0 Å². The molecular weight excluding hydrogens is 454 g/mol. The number of urea groups is 1. The van der Waals surface area contributed by atoms with Crippen molar-refractivity contribution >= 4 is 23.3 Å². The Bertz CT molecular complexity index is 1380. The highest BCUT2D eigenvalue weighted by molar-refractivity contribution is 6.02. The van der Waals surface area contributed by atoms with Gasteiger partial charge in [0, 0.05) is 16.9 Å². The van der Waals surface area contributed by atoms with Gasteiger partial charge < -0.3 is 20.1 Å². The molecule has 3 amide bonds. The van der Waals surface area contributed by atoms with Gasteiger partial charge in [-0.05, 0) is 75.6 Å². The Morgan fingerprint density at radius 3 is 2.50 bits per heavy atom. The molecule has 2 N–H and O–H groups in total. The molecule has 2 heterocycles. The Balaban J connectivity index is 1.66. The molecule has 0 spiro atoms. The summed E-state index contributed by atoms with van der Waals surface area (Å²) in [7, 11) is 1.58. The number of benzene rings is 3. The highest BCUT2D eigenvalue weighted by Crippen LogP contribution is 2.52. The molecule has 3 aromatic carbocycles. The maximum absolute atomic E-state index is 14.0. The highest BCUT2D eigenvalue weighted by Gasteiger charge is 2.60. The van der Waals surface area contributed by atoms with Gasteiger partial charge in [0.15, 0.2) is 11.5 Å². The zero-order valence-corrected chi connectivity index (χ0v) is 21.4. The van der Waals surface area contributed by atoms with Crippen LogP contribution in [0.25, 0.3) is 0 Å². The highest BCUT2D eigenvalue weighted by atomic mass is 16.5. The van der Waals surface area contributed by atoms with Crippen molar-refractivity contribution in [3.63, 3.8) is 0 Å². The van der Waals surface area contributed by atoms with Gasteiger partial charge in [0.05, 0.1) is 13.2 Å². The van der Waals surface area contributed by atoms with Crippen molar-refractivity contribution in [1.82, 2.24) is 5.32 Å². The summed E-state index contributed by atoms with van der Waals surface area (Å²) in [4.78, 5) is 29.1. The number of amides is 3. The lowest BCUT2D eigenvalue weighted by Gasteiger charge is -2.54. The molecule has 0 radical (unpaired) electrons. The zero-order valence-electron chi connectivity index (χ0n) is 21.4. The molecule has 1 saturated heterocycles. The normalized spacial score (nSPS) is 22.3. The van der Waals surface area contributed by atoms with Crippen LogP contribution < -0.4 is 25.0 Å². The number of nitrogens with zero attached hydrogens (tertiary/aromatic N) is 1. The monoisotopic (exact) mass is 485 g/mol. The first-order valence-corrected chi connectivity index (χ1v) is 12.1. The Morgan fingerprint density at radius 2 is 1.81 bits per heavy atom. The van der Waals surface area contributed by atoms with E-state index in [0.717, 1.165) is 27.9 Å². The van der Waals surface area contributed by atoms with Crippen LogP contribution in [0.15, 0.2) is 54.6 Å². The van der Waals surface area contributed by atoms with Crippen LogP contribution in [0.3, 0.4) is 0 Å². The van der Waals surface area contributed by atoms with Crippen molar-refractivity contribution < 1.29 is 19.1 Å². The van der Waals surface area contributed by atoms with E-state index in [1.807, 2.05) is 82.3 Å². The number of anilines is 2. The quantitative estimate of drug-likeness (QED) is 0.507. The smallest absolute Gasteiger partial charge is 0.325 e. The average Bonchev–Trinajstić information content (AvgIpc) is 2.82. The molecule has 0 unspecified atom stereocenters. The minimum Gasteiger partial charge on any atom is -0.493 e. The van der Waals surface area contributed by atoms with E-state index in [1.165, 1.54) is 0 Å². The summed E-state index contributed by atoms with van der Waals surface area (Å²) in [6.45, 7) is 9.80. The van der Waals surface area contributed by atoms with Gasteiger partial charge in [-0.1, -0.05) is 35.9 Å². The lowest BCUT2D eigenvalue weighted by Crippen LogP contribution is -2.72. The lowest BCUT2D eigenvalue weighted by atomic mass is 9.78. The van der Waals surface area contributed by atoms with Crippen LogP contribution in [0.1, 0.15) is 40.8 Å². The van der Waals surface area contributed by atoms with Crippen LogP contribution in [0, 0.1) is 33.6 Å². The van der Waals surface area contributed by atoms with Gasteiger partial charge in [0.1, 0.15) is 5.92 Å². The van der Waals surface area contributed by atoms with Crippen molar-refractivity contribution in [3.05, 3.63) is 82.4 Å². The number of fused-ring (bicyclic) bond motifs is 4. The third-order valence-electron chi connectivity index (χ3n) is 7.38. The van der Waals surface area contributed by atoms with Crippen molar-refractivity contribution in [2.24, 2.45) is 5.92 Å². The third kappa shape index (κ3) is 3.66. The van der Waals surface area contributed by atoms with E-state index in [4.69, 9.17) is 9.47 Å². The van der Waals surface area contributed by atoms with Crippen molar-refractivity contribution in [3.8, 4) is 11.5 Å². The first-order chi connectivity index (χ1) is 17.1. The number of carbonyl (C=O) groups excluding carboxylic acids is 2. The summed E-state index contributed by atoms with van der Waals surface area (Å²) in [5, 5.41) is 6.19. The molecular formula is C29H31N3O4. The molecule has 0 saturated carbocycles. The molecule has 7 heteroatoms. The van der Waals surface area contributed by atoms with Crippen LogP contribution in [-0.2, 0) is 4.79 Å². The number of rotatable bonds is 4. The van der Waals surface area contributed by atoms with Gasteiger partial charge in [-0.3, -0.25) is 9.69 Å². The van der Waals surface area contributed by atoms with Gasteiger partial charge in [0.25, 0.3) is 0 Å². The number of hydrogen-bond acceptors (Lipinski definition) is 4. The topological polar surface area (TPSA) is 79.9 Å². The number of carbonyl (C=O) groups is 2. The standard InChI is InChI=1S/C29H31N3O4/c1-16-10-13-22(19(4)14-16)30-27(33)24-25-21-8-7-9-23(35-6)26(21)36-29(24,5)32(28(34)31-25)20-12-11-17(2)18(3)15-20/h7-15,24-25H,1-6H3,(H,30,33)(H,31,34)/t24-,25+,29+/m0/s1. The van der Waals surface area contributed by atoms with Gasteiger partial charge >= 0.3 is 6.03 Å². The summed E-state index contributed by atoms with van der Waals surface area (Å²) < 4.78 is 12.2. The largest absolute Gasteiger partial charge is 0.493 e. The average molecular weight is 486 g/mol.